The van der Waals surface area contributed by atoms with Crippen molar-refractivity contribution in [1.82, 2.24) is 14.8 Å². The SMILES string of the molecule is Cc1cc(C)nc(NNS(=O)(=O)c2cc(C(=O)O)c(O)cc2C)n1. The number of carbonyl (C=O) groups is 1. The van der Waals surface area contributed by atoms with Crippen molar-refractivity contribution in [2.75, 3.05) is 5.43 Å². The molecular formula is C14H16N4O5S. The maximum absolute atomic E-state index is 12.4. The summed E-state index contributed by atoms with van der Waals surface area (Å²) in [5, 5.41) is 18.6. The number of sulfonamides is 1. The van der Waals surface area contributed by atoms with E-state index in [1.165, 1.54) is 6.92 Å². The molecule has 9 nitrogen and oxygen atoms in total. The first-order chi connectivity index (χ1) is 11.1. The lowest BCUT2D eigenvalue weighted by Gasteiger charge is -2.12. The van der Waals surface area contributed by atoms with E-state index in [1.807, 2.05) is 0 Å². The molecule has 2 aromatic rings. The summed E-state index contributed by atoms with van der Waals surface area (Å²) in [6.45, 7) is 4.91. The van der Waals surface area contributed by atoms with Gasteiger partial charge in [-0.1, -0.05) is 0 Å². The fourth-order valence-electron chi connectivity index (χ4n) is 2.08. The molecule has 0 aliphatic carbocycles. The van der Waals surface area contributed by atoms with Gasteiger partial charge in [-0.05, 0) is 44.5 Å². The van der Waals surface area contributed by atoms with E-state index in [1.54, 1.807) is 19.9 Å². The van der Waals surface area contributed by atoms with Gasteiger partial charge >= 0.3 is 5.97 Å². The van der Waals surface area contributed by atoms with Crippen LogP contribution in [0.1, 0.15) is 27.3 Å². The highest BCUT2D eigenvalue weighted by Gasteiger charge is 2.22. The zero-order valence-corrected chi connectivity index (χ0v) is 14.0. The molecule has 1 aromatic carbocycles. The lowest BCUT2D eigenvalue weighted by Crippen LogP contribution is -2.31. The molecule has 24 heavy (non-hydrogen) atoms. The quantitative estimate of drug-likeness (QED) is 0.586. The average Bonchev–Trinajstić information content (AvgIpc) is 2.43. The number of anilines is 1. The van der Waals surface area contributed by atoms with Crippen molar-refractivity contribution in [2.24, 2.45) is 0 Å². The fourth-order valence-corrected chi connectivity index (χ4v) is 3.17. The van der Waals surface area contributed by atoms with Crippen molar-refractivity contribution in [2.45, 2.75) is 25.7 Å². The molecule has 0 fully saturated rings. The standard InChI is InChI=1S/C14H16N4O5S/c1-7-4-11(19)10(13(20)21)6-12(7)24(22,23)18-17-14-15-8(2)5-9(3)16-14/h4-6,18-19H,1-3H3,(H,20,21)(H,15,16,17). The molecular weight excluding hydrogens is 336 g/mol. The number of rotatable bonds is 5. The van der Waals surface area contributed by atoms with Crippen LogP contribution in [0.2, 0.25) is 0 Å². The number of aryl methyl sites for hydroxylation is 3. The summed E-state index contributed by atoms with van der Waals surface area (Å²) in [6, 6.07) is 3.69. The number of aromatic hydroxyl groups is 1. The van der Waals surface area contributed by atoms with Crippen molar-refractivity contribution in [3.8, 4) is 5.75 Å². The molecule has 0 amide bonds. The van der Waals surface area contributed by atoms with Crippen molar-refractivity contribution in [3.05, 3.63) is 40.7 Å². The summed E-state index contributed by atoms with van der Waals surface area (Å²) in [6.07, 6.45) is 0. The van der Waals surface area contributed by atoms with Crippen LogP contribution in [-0.2, 0) is 10.0 Å². The fraction of sp³-hybridized carbons (Fsp3) is 0.214. The molecule has 10 heteroatoms. The summed E-state index contributed by atoms with van der Waals surface area (Å²) < 4.78 is 24.8. The summed E-state index contributed by atoms with van der Waals surface area (Å²) in [4.78, 5) is 20.9. The van der Waals surface area contributed by atoms with Crippen molar-refractivity contribution < 1.29 is 23.4 Å². The topological polar surface area (TPSA) is 142 Å². The Morgan fingerprint density at radius 2 is 1.67 bits per heavy atom. The number of benzene rings is 1. The Balaban J connectivity index is 2.33. The van der Waals surface area contributed by atoms with Crippen LogP contribution < -0.4 is 10.3 Å². The second-order valence-electron chi connectivity index (χ2n) is 5.14. The minimum absolute atomic E-state index is 0.0611. The van der Waals surface area contributed by atoms with E-state index in [9.17, 15) is 18.3 Å². The van der Waals surface area contributed by atoms with Crippen LogP contribution in [0, 0.1) is 20.8 Å². The van der Waals surface area contributed by atoms with Gasteiger partial charge in [-0.15, -0.1) is 4.83 Å². The van der Waals surface area contributed by atoms with Gasteiger partial charge in [0.25, 0.3) is 10.0 Å². The van der Waals surface area contributed by atoms with Gasteiger partial charge in [-0.25, -0.2) is 23.2 Å². The molecule has 128 valence electrons. The summed E-state index contributed by atoms with van der Waals surface area (Å²) in [5.74, 6) is -1.88. The first-order valence-electron chi connectivity index (χ1n) is 6.77. The van der Waals surface area contributed by atoms with Gasteiger partial charge in [0.1, 0.15) is 11.3 Å². The molecule has 0 saturated carbocycles. The zero-order valence-electron chi connectivity index (χ0n) is 13.2. The zero-order chi connectivity index (χ0) is 18.1. The van der Waals surface area contributed by atoms with Crippen LogP contribution in [0.25, 0.3) is 0 Å². The minimum Gasteiger partial charge on any atom is -0.507 e. The van der Waals surface area contributed by atoms with E-state index in [4.69, 9.17) is 5.11 Å². The second kappa shape index (κ2) is 6.42. The van der Waals surface area contributed by atoms with Gasteiger partial charge in [-0.2, -0.15) is 0 Å². The van der Waals surface area contributed by atoms with Crippen LogP contribution in [-0.4, -0.2) is 34.6 Å². The summed E-state index contributed by atoms with van der Waals surface area (Å²) >= 11 is 0. The molecule has 0 radical (unpaired) electrons. The highest BCUT2D eigenvalue weighted by atomic mass is 32.2. The van der Waals surface area contributed by atoms with E-state index in [2.05, 4.69) is 20.2 Å². The third-order valence-electron chi connectivity index (χ3n) is 3.09. The normalized spacial score (nSPS) is 11.3. The number of aromatic nitrogens is 2. The number of carboxylic acids is 1. The number of hydrogen-bond acceptors (Lipinski definition) is 7. The third-order valence-corrected chi connectivity index (χ3v) is 4.48. The van der Waals surface area contributed by atoms with E-state index in [0.717, 1.165) is 12.1 Å². The number of carboxylic acid groups (broad SMARTS) is 1. The maximum atomic E-state index is 12.4. The average molecular weight is 352 g/mol. The molecule has 0 aliphatic rings. The van der Waals surface area contributed by atoms with Crippen LogP contribution in [0.15, 0.2) is 23.1 Å². The lowest BCUT2D eigenvalue weighted by molar-refractivity contribution is 0.0693. The number of phenols is 1. The van der Waals surface area contributed by atoms with Gasteiger partial charge in [-0.3, -0.25) is 5.43 Å². The van der Waals surface area contributed by atoms with Gasteiger partial charge in [0.2, 0.25) is 5.95 Å². The molecule has 0 saturated heterocycles. The summed E-state index contributed by atoms with van der Waals surface area (Å²) in [7, 11) is -4.10. The van der Waals surface area contributed by atoms with E-state index in [-0.39, 0.29) is 16.4 Å². The van der Waals surface area contributed by atoms with Gasteiger partial charge < -0.3 is 10.2 Å². The van der Waals surface area contributed by atoms with E-state index in [0.29, 0.717) is 11.4 Å². The Hall–Kier alpha value is -2.72. The number of hydrogen-bond donors (Lipinski definition) is 4. The number of hydrazine groups is 1. The predicted molar refractivity (Wildman–Crippen MR) is 85.3 cm³/mol. The van der Waals surface area contributed by atoms with Crippen molar-refractivity contribution in [3.63, 3.8) is 0 Å². The van der Waals surface area contributed by atoms with Gasteiger partial charge in [0.15, 0.2) is 0 Å². The van der Waals surface area contributed by atoms with Gasteiger partial charge in [0.05, 0.1) is 4.90 Å². The minimum atomic E-state index is -4.10. The maximum Gasteiger partial charge on any atom is 0.339 e. The highest BCUT2D eigenvalue weighted by molar-refractivity contribution is 7.89. The molecule has 4 N–H and O–H groups in total. The third kappa shape index (κ3) is 3.78. The van der Waals surface area contributed by atoms with Crippen LogP contribution >= 0.6 is 0 Å². The Kier molecular flexibility index (Phi) is 4.71. The molecule has 0 bridgehead atoms. The highest BCUT2D eigenvalue weighted by Crippen LogP contribution is 2.25. The smallest absolute Gasteiger partial charge is 0.339 e. The molecule has 0 spiro atoms. The van der Waals surface area contributed by atoms with Crippen LogP contribution in [0.5, 0.6) is 5.75 Å². The summed E-state index contributed by atoms with van der Waals surface area (Å²) in [5.41, 5.74) is 3.37. The Morgan fingerprint density at radius 3 is 2.21 bits per heavy atom. The molecule has 0 aliphatic heterocycles. The molecule has 2 rings (SSSR count). The Labute approximate surface area is 138 Å². The van der Waals surface area contributed by atoms with Crippen molar-refractivity contribution in [1.29, 1.82) is 0 Å². The molecule has 0 atom stereocenters. The Bertz CT molecular complexity index is 891. The number of aromatic carboxylic acids is 1. The van der Waals surface area contributed by atoms with E-state index < -0.39 is 27.3 Å². The van der Waals surface area contributed by atoms with Crippen molar-refractivity contribution >= 4 is 21.9 Å². The van der Waals surface area contributed by atoms with Crippen LogP contribution in [0.3, 0.4) is 0 Å². The number of nitrogens with one attached hydrogen (secondary N) is 2. The number of nitrogens with zero attached hydrogens (tertiary/aromatic N) is 2. The molecule has 1 aromatic heterocycles. The van der Waals surface area contributed by atoms with Crippen LogP contribution in [0.4, 0.5) is 5.95 Å². The van der Waals surface area contributed by atoms with E-state index >= 15 is 0 Å². The second-order valence-corrected chi connectivity index (χ2v) is 6.80. The first kappa shape index (κ1) is 17.6. The molecule has 0 unspecified atom stereocenters. The largest absolute Gasteiger partial charge is 0.507 e. The monoisotopic (exact) mass is 352 g/mol. The Morgan fingerprint density at radius 1 is 1.08 bits per heavy atom. The lowest BCUT2D eigenvalue weighted by atomic mass is 10.1. The first-order valence-corrected chi connectivity index (χ1v) is 8.25. The predicted octanol–water partition coefficient (Wildman–Crippen LogP) is 1.11. The molecule has 1 heterocycles. The van der Waals surface area contributed by atoms with Gasteiger partial charge in [0, 0.05) is 11.4 Å².